The second-order valence-corrected chi connectivity index (χ2v) is 5.32. The number of fused-ring (bicyclic) bond motifs is 1. The average Bonchev–Trinajstić information content (AvgIpc) is 3.07. The van der Waals surface area contributed by atoms with E-state index in [0.717, 1.165) is 16.8 Å². The van der Waals surface area contributed by atoms with E-state index in [1.54, 1.807) is 6.07 Å². The molecule has 1 aliphatic carbocycles. The summed E-state index contributed by atoms with van der Waals surface area (Å²) in [7, 11) is 0. The summed E-state index contributed by atoms with van der Waals surface area (Å²) >= 11 is 3.35. The predicted molar refractivity (Wildman–Crippen MR) is 61.5 cm³/mol. The van der Waals surface area contributed by atoms with Crippen LogP contribution in [0.1, 0.15) is 18.4 Å². The quantitative estimate of drug-likeness (QED) is 0.733. The predicted octanol–water partition coefficient (Wildman–Crippen LogP) is 2.87. The summed E-state index contributed by atoms with van der Waals surface area (Å²) in [5, 5.41) is 8.93. The van der Waals surface area contributed by atoms with Crippen LogP contribution in [0, 0.1) is 16.7 Å². The van der Waals surface area contributed by atoms with Crippen LogP contribution in [0.3, 0.4) is 0 Å². The highest BCUT2D eigenvalue weighted by Crippen LogP contribution is 2.49. The molecule has 0 bridgehead atoms. The van der Waals surface area contributed by atoms with E-state index >= 15 is 0 Å². The zero-order valence-electron chi connectivity index (χ0n) is 8.62. The molecule has 1 saturated carbocycles. The molecule has 3 nitrogen and oxygen atoms in total. The Labute approximate surface area is 102 Å². The summed E-state index contributed by atoms with van der Waals surface area (Å²) in [4.78, 5) is 0. The summed E-state index contributed by atoms with van der Waals surface area (Å²) in [6.07, 6.45) is 2.35. The van der Waals surface area contributed by atoms with E-state index in [-0.39, 0.29) is 5.41 Å². The zero-order valence-corrected chi connectivity index (χ0v) is 10.2. The van der Waals surface area contributed by atoms with Gasteiger partial charge in [0.2, 0.25) is 0 Å². The molecule has 1 aromatic carbocycles. The molecule has 1 aromatic rings. The first-order valence-corrected chi connectivity index (χ1v) is 6.01. The van der Waals surface area contributed by atoms with E-state index in [4.69, 9.17) is 14.7 Å². The maximum absolute atomic E-state index is 8.93. The first kappa shape index (κ1) is 9.98. The fourth-order valence-electron chi connectivity index (χ4n) is 1.82. The number of nitriles is 1. The third-order valence-electron chi connectivity index (χ3n) is 3.18. The van der Waals surface area contributed by atoms with E-state index in [1.807, 2.05) is 6.07 Å². The fourth-order valence-corrected chi connectivity index (χ4v) is 2.23. The molecule has 16 heavy (non-hydrogen) atoms. The molecule has 4 heteroatoms. The van der Waals surface area contributed by atoms with Gasteiger partial charge in [0.1, 0.15) is 6.07 Å². The van der Waals surface area contributed by atoms with Gasteiger partial charge in [-0.25, -0.2) is 0 Å². The number of nitrogens with zero attached hydrogens (tertiary/aromatic N) is 1. The van der Waals surface area contributed by atoms with Crippen molar-refractivity contribution in [2.24, 2.45) is 5.41 Å². The zero-order chi connectivity index (χ0) is 11.2. The summed E-state index contributed by atoms with van der Waals surface area (Å²) in [5.74, 6) is 1.41. The number of ether oxygens (including phenoxy) is 2. The van der Waals surface area contributed by atoms with Crippen molar-refractivity contribution >= 4 is 15.9 Å². The lowest BCUT2D eigenvalue weighted by Crippen LogP contribution is -2.17. The van der Waals surface area contributed by atoms with Crippen LogP contribution >= 0.6 is 15.9 Å². The van der Waals surface area contributed by atoms with Gasteiger partial charge in [0.25, 0.3) is 0 Å². The van der Waals surface area contributed by atoms with Crippen molar-refractivity contribution in [3.8, 4) is 17.6 Å². The van der Waals surface area contributed by atoms with Crippen LogP contribution in [0.5, 0.6) is 11.5 Å². The number of rotatable bonds is 0. The molecular weight excluding hydrogens is 270 g/mol. The lowest BCUT2D eigenvalue weighted by molar-refractivity contribution is 0.197. The van der Waals surface area contributed by atoms with E-state index in [2.05, 4.69) is 22.0 Å². The molecule has 0 aromatic heterocycles. The second kappa shape index (κ2) is 3.39. The van der Waals surface area contributed by atoms with Crippen LogP contribution in [0.2, 0.25) is 0 Å². The Hall–Kier alpha value is -1.21. The molecule has 0 radical (unpaired) electrons. The van der Waals surface area contributed by atoms with Crippen LogP contribution in [0.4, 0.5) is 0 Å². The lowest BCUT2D eigenvalue weighted by Gasteiger charge is -2.08. The third-order valence-corrected chi connectivity index (χ3v) is 3.83. The molecule has 82 valence electrons. The number of halogens is 1. The topological polar surface area (TPSA) is 42.2 Å². The molecule has 0 saturated heterocycles. The number of hydrogen-bond donors (Lipinski definition) is 0. The number of hydrogen-bond acceptors (Lipinski definition) is 3. The smallest absolute Gasteiger partial charge is 0.162 e. The van der Waals surface area contributed by atoms with Gasteiger partial charge in [-0.2, -0.15) is 5.26 Å². The average molecular weight is 280 g/mol. The van der Waals surface area contributed by atoms with Crippen molar-refractivity contribution in [1.82, 2.24) is 0 Å². The molecule has 0 atom stereocenters. The minimum atomic E-state index is 0.234. The van der Waals surface area contributed by atoms with Crippen molar-refractivity contribution < 1.29 is 9.47 Å². The highest BCUT2D eigenvalue weighted by Gasteiger charge is 2.46. The van der Waals surface area contributed by atoms with Gasteiger partial charge < -0.3 is 9.47 Å². The summed E-state index contributed by atoms with van der Waals surface area (Å²) < 4.78 is 12.2. The Morgan fingerprint density at radius 3 is 2.38 bits per heavy atom. The van der Waals surface area contributed by atoms with Crippen LogP contribution in [-0.2, 0) is 0 Å². The number of benzene rings is 1. The maximum Gasteiger partial charge on any atom is 0.162 e. The van der Waals surface area contributed by atoms with Gasteiger partial charge in [-0.05, 0) is 34.8 Å². The van der Waals surface area contributed by atoms with Crippen LogP contribution in [-0.4, -0.2) is 13.2 Å². The van der Waals surface area contributed by atoms with Crippen molar-refractivity contribution in [2.75, 3.05) is 13.2 Å². The molecule has 0 amide bonds. The molecule has 1 aliphatic heterocycles. The Morgan fingerprint density at radius 2 is 1.81 bits per heavy atom. The molecule has 1 spiro atoms. The maximum atomic E-state index is 8.93. The standard InChI is InChI=1S/C12H10BrNO2/c13-9-4-11-10(3-8(9)5-14)15-6-12(1-2-12)7-16-11/h3-4H,1-2,6-7H2. The molecule has 2 aliphatic rings. The third kappa shape index (κ3) is 1.56. The minimum absolute atomic E-state index is 0.234. The Morgan fingerprint density at radius 1 is 1.19 bits per heavy atom. The lowest BCUT2D eigenvalue weighted by atomic mass is 10.1. The molecule has 0 N–H and O–H groups in total. The van der Waals surface area contributed by atoms with Crippen molar-refractivity contribution in [1.29, 1.82) is 5.26 Å². The van der Waals surface area contributed by atoms with E-state index in [0.29, 0.717) is 17.9 Å². The first-order valence-electron chi connectivity index (χ1n) is 5.22. The van der Waals surface area contributed by atoms with Crippen LogP contribution in [0.25, 0.3) is 0 Å². The van der Waals surface area contributed by atoms with Crippen molar-refractivity contribution in [3.05, 3.63) is 22.2 Å². The molecule has 0 unspecified atom stereocenters. The van der Waals surface area contributed by atoms with Gasteiger partial charge >= 0.3 is 0 Å². The Kier molecular flexibility index (Phi) is 2.11. The van der Waals surface area contributed by atoms with Gasteiger partial charge in [0.15, 0.2) is 11.5 Å². The Bertz CT molecular complexity index is 489. The van der Waals surface area contributed by atoms with E-state index < -0.39 is 0 Å². The summed E-state index contributed by atoms with van der Waals surface area (Å²) in [6.45, 7) is 1.42. The summed E-state index contributed by atoms with van der Waals surface area (Å²) in [5.41, 5.74) is 0.812. The highest BCUT2D eigenvalue weighted by molar-refractivity contribution is 9.10. The van der Waals surface area contributed by atoms with Gasteiger partial charge in [0.05, 0.1) is 18.8 Å². The minimum Gasteiger partial charge on any atom is -0.489 e. The molecule has 1 heterocycles. The van der Waals surface area contributed by atoms with E-state index in [9.17, 15) is 0 Å². The fraction of sp³-hybridized carbons (Fsp3) is 0.417. The van der Waals surface area contributed by atoms with Crippen LogP contribution < -0.4 is 9.47 Å². The molecular formula is C12H10BrNO2. The summed E-state index contributed by atoms with van der Waals surface area (Å²) in [6, 6.07) is 5.67. The van der Waals surface area contributed by atoms with Gasteiger partial charge in [-0.15, -0.1) is 0 Å². The first-order chi connectivity index (χ1) is 7.72. The van der Waals surface area contributed by atoms with Gasteiger partial charge in [-0.3, -0.25) is 0 Å². The van der Waals surface area contributed by atoms with E-state index in [1.165, 1.54) is 12.8 Å². The monoisotopic (exact) mass is 279 g/mol. The largest absolute Gasteiger partial charge is 0.489 e. The second-order valence-electron chi connectivity index (χ2n) is 4.47. The van der Waals surface area contributed by atoms with Gasteiger partial charge in [0, 0.05) is 16.0 Å². The molecule has 3 rings (SSSR count). The van der Waals surface area contributed by atoms with Crippen LogP contribution in [0.15, 0.2) is 16.6 Å². The SMILES string of the molecule is N#Cc1cc2c(cc1Br)OCC1(CC1)CO2. The Balaban J connectivity index is 1.98. The normalized spacial score (nSPS) is 20.0. The van der Waals surface area contributed by atoms with Crippen molar-refractivity contribution in [2.45, 2.75) is 12.8 Å². The molecule has 1 fully saturated rings. The van der Waals surface area contributed by atoms with Gasteiger partial charge in [-0.1, -0.05) is 0 Å². The van der Waals surface area contributed by atoms with Crippen molar-refractivity contribution in [3.63, 3.8) is 0 Å². The highest BCUT2D eigenvalue weighted by atomic mass is 79.9.